The highest BCUT2D eigenvalue weighted by Gasteiger charge is 2.28. The second-order valence-corrected chi connectivity index (χ2v) is 6.43. The third-order valence-corrected chi connectivity index (χ3v) is 4.79. The van der Waals surface area contributed by atoms with E-state index in [2.05, 4.69) is 5.32 Å². The zero-order chi connectivity index (χ0) is 14.5. The number of para-hydroxylation sites is 1. The van der Waals surface area contributed by atoms with Crippen LogP contribution in [0, 0.1) is 0 Å². The van der Waals surface area contributed by atoms with E-state index in [0.717, 1.165) is 0 Å². The van der Waals surface area contributed by atoms with Gasteiger partial charge in [0.15, 0.2) is 9.84 Å². The Balaban J connectivity index is 2.98. The molecule has 1 aromatic rings. The van der Waals surface area contributed by atoms with Gasteiger partial charge in [-0.3, -0.25) is 4.79 Å². The maximum atomic E-state index is 12.1. The molecule has 19 heavy (non-hydrogen) atoms. The first kappa shape index (κ1) is 15.5. The van der Waals surface area contributed by atoms with E-state index in [-0.39, 0.29) is 5.75 Å². The van der Waals surface area contributed by atoms with E-state index < -0.39 is 21.0 Å². The molecule has 0 aromatic heterocycles. The number of carbonyl (C=O) groups excluding carboxylic acids is 1. The second kappa shape index (κ2) is 6.56. The maximum Gasteiger partial charge on any atom is 0.237 e. The van der Waals surface area contributed by atoms with Crippen molar-refractivity contribution in [2.75, 3.05) is 13.7 Å². The number of nitrogens with one attached hydrogen (secondary N) is 1. The van der Waals surface area contributed by atoms with Crippen molar-refractivity contribution in [3.63, 3.8) is 0 Å². The van der Waals surface area contributed by atoms with Gasteiger partial charge in [-0.05, 0) is 19.9 Å². The highest BCUT2D eigenvalue weighted by molar-refractivity contribution is 7.92. The van der Waals surface area contributed by atoms with Crippen LogP contribution < -0.4 is 10.1 Å². The van der Waals surface area contributed by atoms with E-state index in [1.807, 2.05) is 6.92 Å². The smallest absolute Gasteiger partial charge is 0.237 e. The number of hydrogen-bond donors (Lipinski definition) is 1. The van der Waals surface area contributed by atoms with Crippen LogP contribution in [0.15, 0.2) is 24.3 Å². The van der Waals surface area contributed by atoms with Crippen molar-refractivity contribution in [2.24, 2.45) is 0 Å². The molecule has 0 bridgehead atoms. The summed E-state index contributed by atoms with van der Waals surface area (Å²) in [5.41, 5.74) is 0.570. The molecule has 1 aromatic carbocycles. The van der Waals surface area contributed by atoms with E-state index in [4.69, 9.17) is 4.74 Å². The Kier molecular flexibility index (Phi) is 5.35. The van der Waals surface area contributed by atoms with E-state index in [1.54, 1.807) is 24.3 Å². The minimum atomic E-state index is -3.56. The van der Waals surface area contributed by atoms with E-state index >= 15 is 0 Å². The molecule has 0 saturated carbocycles. The number of benzene rings is 1. The fourth-order valence-electron chi connectivity index (χ4n) is 1.63. The van der Waals surface area contributed by atoms with Crippen molar-refractivity contribution in [2.45, 2.75) is 24.9 Å². The molecule has 0 fully saturated rings. The van der Waals surface area contributed by atoms with E-state index in [9.17, 15) is 13.2 Å². The molecule has 5 nitrogen and oxygen atoms in total. The van der Waals surface area contributed by atoms with Gasteiger partial charge in [-0.2, -0.15) is 0 Å². The minimum Gasteiger partial charge on any atom is -0.494 e. The monoisotopic (exact) mass is 285 g/mol. The first-order valence-electron chi connectivity index (χ1n) is 6.06. The lowest BCUT2D eigenvalue weighted by Gasteiger charge is -2.14. The molecule has 0 aliphatic carbocycles. The molecule has 1 rings (SSSR count). The molecule has 0 spiro atoms. The van der Waals surface area contributed by atoms with Gasteiger partial charge < -0.3 is 10.1 Å². The molecule has 0 heterocycles. The summed E-state index contributed by atoms with van der Waals surface area (Å²) in [4.78, 5) is 11.4. The summed E-state index contributed by atoms with van der Waals surface area (Å²) in [6, 6.07) is 6.94. The van der Waals surface area contributed by atoms with Crippen LogP contribution in [-0.4, -0.2) is 33.2 Å². The van der Waals surface area contributed by atoms with E-state index in [0.29, 0.717) is 17.9 Å². The van der Waals surface area contributed by atoms with Gasteiger partial charge in [0, 0.05) is 12.6 Å². The Morgan fingerprint density at radius 1 is 1.37 bits per heavy atom. The quantitative estimate of drug-likeness (QED) is 0.850. The SMILES string of the molecule is CCOc1ccccc1CS(=O)(=O)[C@H](C)C(=O)NC. The molecule has 1 N–H and O–H groups in total. The first-order valence-corrected chi connectivity index (χ1v) is 7.77. The number of carbonyl (C=O) groups is 1. The van der Waals surface area contributed by atoms with Crippen LogP contribution in [0.4, 0.5) is 0 Å². The fourth-order valence-corrected chi connectivity index (χ4v) is 2.99. The van der Waals surface area contributed by atoms with Crippen molar-refractivity contribution in [1.82, 2.24) is 5.32 Å². The van der Waals surface area contributed by atoms with Crippen LogP contribution in [0.25, 0.3) is 0 Å². The predicted octanol–water partition coefficient (Wildman–Crippen LogP) is 1.13. The number of amides is 1. The average Bonchev–Trinajstić information content (AvgIpc) is 2.39. The van der Waals surface area contributed by atoms with E-state index in [1.165, 1.54) is 14.0 Å². The number of hydrogen-bond acceptors (Lipinski definition) is 4. The van der Waals surface area contributed by atoms with Crippen LogP contribution in [0.3, 0.4) is 0 Å². The van der Waals surface area contributed by atoms with Crippen molar-refractivity contribution < 1.29 is 17.9 Å². The molecule has 0 saturated heterocycles. The lowest BCUT2D eigenvalue weighted by molar-refractivity contribution is -0.119. The summed E-state index contributed by atoms with van der Waals surface area (Å²) in [7, 11) is -2.14. The topological polar surface area (TPSA) is 72.5 Å². The molecule has 1 atom stereocenters. The number of ether oxygens (including phenoxy) is 1. The standard InChI is InChI=1S/C13H19NO4S/c1-4-18-12-8-6-5-7-11(12)9-19(16,17)10(2)13(15)14-3/h5-8,10H,4,9H2,1-3H3,(H,14,15)/t10-/m1/s1. The number of sulfone groups is 1. The second-order valence-electron chi connectivity index (χ2n) is 4.10. The van der Waals surface area contributed by atoms with Crippen LogP contribution in [0.2, 0.25) is 0 Å². The molecular formula is C13H19NO4S. The Morgan fingerprint density at radius 3 is 2.58 bits per heavy atom. The first-order chi connectivity index (χ1) is 8.92. The summed E-state index contributed by atoms with van der Waals surface area (Å²) in [5.74, 6) is -0.177. The summed E-state index contributed by atoms with van der Waals surface area (Å²) >= 11 is 0. The largest absolute Gasteiger partial charge is 0.494 e. The van der Waals surface area contributed by atoms with Crippen molar-refractivity contribution >= 4 is 15.7 Å². The zero-order valence-corrected chi connectivity index (χ0v) is 12.2. The third-order valence-electron chi connectivity index (χ3n) is 2.78. The number of rotatable bonds is 6. The van der Waals surface area contributed by atoms with Gasteiger partial charge in [-0.1, -0.05) is 18.2 Å². The Bertz CT molecular complexity index is 539. The van der Waals surface area contributed by atoms with Gasteiger partial charge >= 0.3 is 0 Å². The highest BCUT2D eigenvalue weighted by atomic mass is 32.2. The average molecular weight is 285 g/mol. The Labute approximate surface area is 113 Å². The molecule has 0 unspecified atom stereocenters. The van der Waals surface area contributed by atoms with Crippen LogP contribution in [-0.2, 0) is 20.4 Å². The van der Waals surface area contributed by atoms with Crippen LogP contribution in [0.5, 0.6) is 5.75 Å². The molecule has 0 radical (unpaired) electrons. The Hall–Kier alpha value is -1.56. The third kappa shape index (κ3) is 3.96. The van der Waals surface area contributed by atoms with Gasteiger partial charge in [0.25, 0.3) is 0 Å². The minimum absolute atomic E-state index is 0.211. The summed E-state index contributed by atoms with van der Waals surface area (Å²) in [6.07, 6.45) is 0. The lowest BCUT2D eigenvalue weighted by atomic mass is 10.2. The summed E-state index contributed by atoms with van der Waals surface area (Å²) in [6.45, 7) is 3.68. The summed E-state index contributed by atoms with van der Waals surface area (Å²) in [5, 5.41) is 1.27. The van der Waals surface area contributed by atoms with Crippen molar-refractivity contribution in [3.8, 4) is 5.75 Å². The molecule has 106 valence electrons. The predicted molar refractivity (Wildman–Crippen MR) is 73.8 cm³/mol. The van der Waals surface area contributed by atoms with Gasteiger partial charge in [-0.15, -0.1) is 0 Å². The molecule has 6 heteroatoms. The molecule has 0 aliphatic rings. The van der Waals surface area contributed by atoms with Gasteiger partial charge in [0.05, 0.1) is 12.4 Å². The Morgan fingerprint density at radius 2 is 2.00 bits per heavy atom. The summed E-state index contributed by atoms with van der Waals surface area (Å²) < 4.78 is 29.7. The normalized spacial score (nSPS) is 12.8. The molecular weight excluding hydrogens is 266 g/mol. The lowest BCUT2D eigenvalue weighted by Crippen LogP contribution is -2.36. The van der Waals surface area contributed by atoms with Gasteiger partial charge in [0.2, 0.25) is 5.91 Å². The van der Waals surface area contributed by atoms with Crippen molar-refractivity contribution in [3.05, 3.63) is 29.8 Å². The van der Waals surface area contributed by atoms with Gasteiger partial charge in [0.1, 0.15) is 11.0 Å². The molecule has 0 aliphatic heterocycles. The fraction of sp³-hybridized carbons (Fsp3) is 0.462. The zero-order valence-electron chi connectivity index (χ0n) is 11.3. The molecule has 1 amide bonds. The van der Waals surface area contributed by atoms with Gasteiger partial charge in [-0.25, -0.2) is 8.42 Å². The maximum absolute atomic E-state index is 12.1. The van der Waals surface area contributed by atoms with Crippen LogP contribution >= 0.6 is 0 Å². The van der Waals surface area contributed by atoms with Crippen molar-refractivity contribution in [1.29, 1.82) is 0 Å². The highest BCUT2D eigenvalue weighted by Crippen LogP contribution is 2.22. The van der Waals surface area contributed by atoms with Crippen LogP contribution in [0.1, 0.15) is 19.4 Å².